The number of hydrogen-bond acceptors (Lipinski definition) is 6. The summed E-state index contributed by atoms with van der Waals surface area (Å²) < 4.78 is 16.4. The van der Waals surface area contributed by atoms with E-state index in [0.717, 1.165) is 11.1 Å². The van der Waals surface area contributed by atoms with E-state index in [0.29, 0.717) is 41.2 Å². The summed E-state index contributed by atoms with van der Waals surface area (Å²) >= 11 is 0. The van der Waals surface area contributed by atoms with Gasteiger partial charge in [0.2, 0.25) is 0 Å². The van der Waals surface area contributed by atoms with E-state index in [-0.39, 0.29) is 25.5 Å². The first-order chi connectivity index (χ1) is 18.9. The molecule has 0 unspecified atom stereocenters. The number of ether oxygens (including phenoxy) is 3. The summed E-state index contributed by atoms with van der Waals surface area (Å²) in [5.41, 5.74) is 1.92. The standard InChI is InChI=1S/C30H30N2O7/c1-37-24-16-20-12-15-32-27(33)22-11-7-6-10-21(22)26(28(34)35)30(32,23(20)17-25(24)38-2)13-14-31-29(36)39-18-19-8-4-3-5-9-19/h3-11,16-17,26H,12-15,18H2,1-2H3,(H,31,36)(H,34,35)/t26-,30+/m1/s1. The first kappa shape index (κ1) is 26.1. The van der Waals surface area contributed by atoms with Gasteiger partial charge in [-0.15, -0.1) is 0 Å². The molecule has 3 aromatic carbocycles. The van der Waals surface area contributed by atoms with Gasteiger partial charge >= 0.3 is 12.1 Å². The number of carbonyl (C=O) groups excluding carboxylic acids is 2. The molecule has 2 atom stereocenters. The normalized spacial score (nSPS) is 19.3. The lowest BCUT2D eigenvalue weighted by molar-refractivity contribution is -0.144. The highest BCUT2D eigenvalue weighted by atomic mass is 16.5. The molecule has 2 amide bonds. The van der Waals surface area contributed by atoms with Gasteiger partial charge in [0.15, 0.2) is 11.5 Å². The van der Waals surface area contributed by atoms with Crippen molar-refractivity contribution in [2.75, 3.05) is 27.3 Å². The van der Waals surface area contributed by atoms with Crippen LogP contribution in [0.3, 0.4) is 0 Å². The fourth-order valence-corrected chi connectivity index (χ4v) is 5.93. The van der Waals surface area contributed by atoms with E-state index in [4.69, 9.17) is 14.2 Å². The lowest BCUT2D eigenvalue weighted by atomic mass is 9.64. The second-order valence-electron chi connectivity index (χ2n) is 9.59. The van der Waals surface area contributed by atoms with Crippen molar-refractivity contribution in [1.29, 1.82) is 0 Å². The molecule has 2 aliphatic rings. The van der Waals surface area contributed by atoms with E-state index in [1.807, 2.05) is 36.4 Å². The van der Waals surface area contributed by atoms with Gasteiger partial charge in [-0.05, 0) is 53.3 Å². The van der Waals surface area contributed by atoms with Gasteiger partial charge < -0.3 is 29.5 Å². The number of hydrogen-bond donors (Lipinski definition) is 2. The number of amides is 2. The minimum atomic E-state index is -1.28. The highest BCUT2D eigenvalue weighted by molar-refractivity contribution is 6.01. The summed E-state index contributed by atoms with van der Waals surface area (Å²) in [6.45, 7) is 0.502. The Bertz CT molecular complexity index is 1410. The Morgan fingerprint density at radius 3 is 2.44 bits per heavy atom. The van der Waals surface area contributed by atoms with Gasteiger partial charge in [-0.2, -0.15) is 0 Å². The molecule has 9 heteroatoms. The number of carboxylic acids is 1. The zero-order valence-electron chi connectivity index (χ0n) is 21.8. The van der Waals surface area contributed by atoms with Crippen LogP contribution < -0.4 is 14.8 Å². The Balaban J connectivity index is 1.54. The molecule has 2 heterocycles. The summed E-state index contributed by atoms with van der Waals surface area (Å²) in [7, 11) is 3.05. The van der Waals surface area contributed by atoms with Crippen molar-refractivity contribution in [3.05, 3.63) is 94.5 Å². The molecular formula is C30H30N2O7. The maximum Gasteiger partial charge on any atom is 0.407 e. The third-order valence-electron chi connectivity index (χ3n) is 7.62. The smallest absolute Gasteiger partial charge is 0.407 e. The topological polar surface area (TPSA) is 114 Å². The fraction of sp³-hybridized carbons (Fsp3) is 0.300. The predicted molar refractivity (Wildman–Crippen MR) is 142 cm³/mol. The molecule has 5 rings (SSSR count). The third-order valence-corrected chi connectivity index (χ3v) is 7.62. The van der Waals surface area contributed by atoms with Crippen LogP contribution in [0.4, 0.5) is 4.79 Å². The molecule has 0 saturated heterocycles. The molecule has 0 radical (unpaired) electrons. The van der Waals surface area contributed by atoms with Crippen LogP contribution >= 0.6 is 0 Å². The van der Waals surface area contributed by atoms with Crippen molar-refractivity contribution in [2.45, 2.75) is 30.9 Å². The van der Waals surface area contributed by atoms with E-state index < -0.39 is 23.5 Å². The first-order valence-electron chi connectivity index (χ1n) is 12.7. The van der Waals surface area contributed by atoms with E-state index in [9.17, 15) is 19.5 Å². The first-order valence-corrected chi connectivity index (χ1v) is 12.7. The lowest BCUT2D eigenvalue weighted by Crippen LogP contribution is -2.61. The monoisotopic (exact) mass is 530 g/mol. The molecule has 0 spiro atoms. The van der Waals surface area contributed by atoms with Crippen molar-refractivity contribution < 1.29 is 33.7 Å². The lowest BCUT2D eigenvalue weighted by Gasteiger charge is -2.54. The molecule has 0 aliphatic carbocycles. The molecule has 0 aromatic heterocycles. The number of aliphatic carboxylic acids is 1. The second-order valence-corrected chi connectivity index (χ2v) is 9.59. The minimum Gasteiger partial charge on any atom is -0.493 e. The molecule has 39 heavy (non-hydrogen) atoms. The van der Waals surface area contributed by atoms with Crippen LogP contribution in [0, 0.1) is 0 Å². The molecule has 0 saturated carbocycles. The number of nitrogens with zero attached hydrogens (tertiary/aromatic N) is 1. The number of nitrogens with one attached hydrogen (secondary N) is 1. The van der Waals surface area contributed by atoms with Crippen LogP contribution in [0.5, 0.6) is 11.5 Å². The number of benzene rings is 3. The van der Waals surface area contributed by atoms with E-state index in [1.54, 1.807) is 42.3 Å². The van der Waals surface area contributed by atoms with Gasteiger partial charge in [-0.1, -0.05) is 48.5 Å². The van der Waals surface area contributed by atoms with Crippen LogP contribution in [0.15, 0.2) is 66.7 Å². The van der Waals surface area contributed by atoms with E-state index >= 15 is 0 Å². The summed E-state index contributed by atoms with van der Waals surface area (Å²) in [4.78, 5) is 41.1. The Morgan fingerprint density at radius 2 is 1.72 bits per heavy atom. The molecule has 9 nitrogen and oxygen atoms in total. The third kappa shape index (κ3) is 4.54. The Kier molecular flexibility index (Phi) is 7.15. The van der Waals surface area contributed by atoms with Gasteiger partial charge in [0.1, 0.15) is 12.5 Å². The maximum absolute atomic E-state index is 13.8. The molecule has 2 N–H and O–H groups in total. The van der Waals surface area contributed by atoms with Crippen molar-refractivity contribution in [3.8, 4) is 11.5 Å². The Morgan fingerprint density at radius 1 is 1.03 bits per heavy atom. The Labute approximate surface area is 226 Å². The van der Waals surface area contributed by atoms with Crippen LogP contribution in [0.1, 0.15) is 45.0 Å². The van der Waals surface area contributed by atoms with Crippen LogP contribution in [0.25, 0.3) is 0 Å². The second kappa shape index (κ2) is 10.7. The quantitative estimate of drug-likeness (QED) is 0.451. The number of fused-ring (bicyclic) bond motifs is 4. The van der Waals surface area contributed by atoms with Crippen molar-refractivity contribution in [1.82, 2.24) is 10.2 Å². The maximum atomic E-state index is 13.8. The Hall–Kier alpha value is -4.53. The number of alkyl carbamates (subject to hydrolysis) is 1. The van der Waals surface area contributed by atoms with E-state index in [1.165, 1.54) is 7.11 Å². The van der Waals surface area contributed by atoms with Crippen LogP contribution in [0.2, 0.25) is 0 Å². The largest absolute Gasteiger partial charge is 0.493 e. The van der Waals surface area contributed by atoms with E-state index in [2.05, 4.69) is 5.32 Å². The number of carboxylic acid groups (broad SMARTS) is 1. The van der Waals surface area contributed by atoms with Crippen molar-refractivity contribution >= 4 is 18.0 Å². The molecule has 2 aliphatic heterocycles. The van der Waals surface area contributed by atoms with Crippen molar-refractivity contribution in [2.24, 2.45) is 0 Å². The molecule has 3 aromatic rings. The number of rotatable bonds is 8. The van der Waals surface area contributed by atoms with Gasteiger partial charge in [0.05, 0.1) is 19.8 Å². The molecule has 0 fully saturated rings. The molecular weight excluding hydrogens is 500 g/mol. The minimum absolute atomic E-state index is 0.0805. The summed E-state index contributed by atoms with van der Waals surface area (Å²) in [6, 6.07) is 19.8. The van der Waals surface area contributed by atoms with Crippen LogP contribution in [-0.4, -0.2) is 55.3 Å². The summed E-state index contributed by atoms with van der Waals surface area (Å²) in [6.07, 6.45) is 0.0385. The SMILES string of the molecule is COc1cc2c(cc1OC)[C@@]1(CCNC(=O)OCc3ccccc3)[C@@H](C(=O)O)c3ccccc3C(=O)N1CC2. The average Bonchev–Trinajstić information content (AvgIpc) is 2.95. The highest BCUT2D eigenvalue weighted by Gasteiger charge is 2.57. The summed E-state index contributed by atoms with van der Waals surface area (Å²) in [5.74, 6) is -1.42. The predicted octanol–water partition coefficient (Wildman–Crippen LogP) is 4.10. The van der Waals surface area contributed by atoms with Gasteiger partial charge in [-0.3, -0.25) is 9.59 Å². The molecule has 202 valence electrons. The van der Waals surface area contributed by atoms with Crippen LogP contribution in [-0.2, 0) is 28.1 Å². The fourth-order valence-electron chi connectivity index (χ4n) is 5.93. The van der Waals surface area contributed by atoms with Gasteiger partial charge in [0.25, 0.3) is 5.91 Å². The zero-order valence-corrected chi connectivity index (χ0v) is 21.8. The highest BCUT2D eigenvalue weighted by Crippen LogP contribution is 2.54. The van der Waals surface area contributed by atoms with Gasteiger partial charge in [0, 0.05) is 18.7 Å². The zero-order chi connectivity index (χ0) is 27.6. The molecule has 0 bridgehead atoms. The van der Waals surface area contributed by atoms with Gasteiger partial charge in [-0.25, -0.2) is 4.79 Å². The number of methoxy groups -OCH3 is 2. The average molecular weight is 531 g/mol. The van der Waals surface area contributed by atoms with Crippen molar-refractivity contribution in [3.63, 3.8) is 0 Å². The number of carbonyl (C=O) groups is 3. The summed E-state index contributed by atoms with van der Waals surface area (Å²) in [5, 5.41) is 13.4.